The summed E-state index contributed by atoms with van der Waals surface area (Å²) in [6, 6.07) is 30.6. The molecule has 1 N–H and O–H groups in total. The first-order valence-electron chi connectivity index (χ1n) is 7.99. The highest BCUT2D eigenvalue weighted by Crippen LogP contribution is 2.37. The summed E-state index contributed by atoms with van der Waals surface area (Å²) in [5.74, 6) is 0. The van der Waals surface area contributed by atoms with E-state index in [0.717, 1.165) is 28.1 Å². The van der Waals surface area contributed by atoms with Gasteiger partial charge >= 0.3 is 0 Å². The van der Waals surface area contributed by atoms with Crippen molar-refractivity contribution in [3.8, 4) is 0 Å². The lowest BCUT2D eigenvalue weighted by molar-refractivity contribution is 0.923. The van der Waals surface area contributed by atoms with E-state index in [1.54, 1.807) is 0 Å². The highest BCUT2D eigenvalue weighted by molar-refractivity contribution is 5.94. The topological polar surface area (TPSA) is 36.8 Å². The monoisotopic (exact) mass is 311 g/mol. The van der Waals surface area contributed by atoms with E-state index in [4.69, 9.17) is 0 Å². The molecule has 1 aliphatic rings. The number of hydrogen-bond donors (Lipinski definition) is 1. The Bertz CT molecular complexity index is 869. The van der Waals surface area contributed by atoms with Gasteiger partial charge in [-0.3, -0.25) is 0 Å². The van der Waals surface area contributed by atoms with Crippen LogP contribution in [0, 0.1) is 0 Å². The maximum Gasteiger partial charge on any atom is 0.168 e. The lowest BCUT2D eigenvalue weighted by Gasteiger charge is -2.16. The van der Waals surface area contributed by atoms with Crippen LogP contribution in [0.5, 0.6) is 0 Å². The molecule has 3 aromatic rings. The van der Waals surface area contributed by atoms with Crippen molar-refractivity contribution in [1.82, 2.24) is 0 Å². The fourth-order valence-electron chi connectivity index (χ4n) is 2.87. The number of nitrogens with one attached hydrogen (secondary N) is 1. The molecular formula is C21H17N3. The third-order valence-corrected chi connectivity index (χ3v) is 4.01. The molecule has 0 saturated carbocycles. The van der Waals surface area contributed by atoms with Crippen molar-refractivity contribution in [3.05, 3.63) is 102 Å². The van der Waals surface area contributed by atoms with Crippen molar-refractivity contribution >= 4 is 17.0 Å². The predicted octanol–water partition coefficient (Wildman–Crippen LogP) is 5.46. The maximum absolute atomic E-state index is 4.49. The summed E-state index contributed by atoms with van der Waals surface area (Å²) in [6.45, 7) is 0. The second kappa shape index (κ2) is 6.50. The number of benzene rings is 3. The third kappa shape index (κ3) is 2.84. The molecule has 1 aliphatic heterocycles. The number of anilines is 1. The Morgan fingerprint density at radius 1 is 0.625 bits per heavy atom. The van der Waals surface area contributed by atoms with E-state index in [0.29, 0.717) is 0 Å². The van der Waals surface area contributed by atoms with E-state index in [1.807, 2.05) is 66.7 Å². The fourth-order valence-corrected chi connectivity index (χ4v) is 2.87. The van der Waals surface area contributed by atoms with Crippen molar-refractivity contribution in [2.24, 2.45) is 10.2 Å². The SMILES string of the molecule is c1ccc(NC2N=NC(c3ccccc3)=C2c2ccccc2)cc1. The van der Waals surface area contributed by atoms with Gasteiger partial charge in [0.1, 0.15) is 5.70 Å². The lowest BCUT2D eigenvalue weighted by atomic mass is 9.98. The zero-order chi connectivity index (χ0) is 16.2. The Morgan fingerprint density at radius 2 is 1.17 bits per heavy atom. The smallest absolute Gasteiger partial charge is 0.168 e. The van der Waals surface area contributed by atoms with Crippen LogP contribution in [0.25, 0.3) is 11.3 Å². The minimum atomic E-state index is -0.190. The van der Waals surface area contributed by atoms with Gasteiger partial charge in [0.15, 0.2) is 6.17 Å². The second-order valence-electron chi connectivity index (χ2n) is 5.62. The lowest BCUT2D eigenvalue weighted by Crippen LogP contribution is -2.17. The Labute approximate surface area is 141 Å². The van der Waals surface area contributed by atoms with Crippen molar-refractivity contribution in [1.29, 1.82) is 0 Å². The zero-order valence-electron chi connectivity index (χ0n) is 13.1. The minimum Gasteiger partial charge on any atom is -0.359 e. The highest BCUT2D eigenvalue weighted by atomic mass is 15.3. The average Bonchev–Trinajstić information content (AvgIpc) is 3.07. The van der Waals surface area contributed by atoms with Crippen LogP contribution in [0.2, 0.25) is 0 Å². The summed E-state index contributed by atoms with van der Waals surface area (Å²) < 4.78 is 0. The first kappa shape index (κ1) is 14.4. The standard InChI is InChI=1S/C21H17N3/c1-4-10-16(11-5-1)19-20(17-12-6-2-7-13-17)23-24-21(19)22-18-14-8-3-9-15-18/h1-15,21-22H. The number of rotatable bonds is 4. The Hall–Kier alpha value is -3.20. The number of azo groups is 1. The van der Waals surface area contributed by atoms with E-state index in [1.165, 1.54) is 0 Å². The summed E-state index contributed by atoms with van der Waals surface area (Å²) in [4.78, 5) is 0. The molecule has 0 saturated heterocycles. The van der Waals surface area contributed by atoms with E-state index >= 15 is 0 Å². The van der Waals surface area contributed by atoms with Gasteiger partial charge in [-0.25, -0.2) is 0 Å². The molecule has 0 fully saturated rings. The van der Waals surface area contributed by atoms with Crippen LogP contribution >= 0.6 is 0 Å². The van der Waals surface area contributed by atoms with Gasteiger partial charge in [-0.15, -0.1) is 0 Å². The van der Waals surface area contributed by atoms with Gasteiger partial charge in [-0.1, -0.05) is 78.9 Å². The molecule has 1 atom stereocenters. The van der Waals surface area contributed by atoms with Gasteiger partial charge in [0.25, 0.3) is 0 Å². The molecule has 0 aromatic heterocycles. The molecule has 0 bridgehead atoms. The van der Waals surface area contributed by atoms with E-state index < -0.39 is 0 Å². The highest BCUT2D eigenvalue weighted by Gasteiger charge is 2.26. The third-order valence-electron chi connectivity index (χ3n) is 4.01. The molecular weight excluding hydrogens is 294 g/mol. The molecule has 3 nitrogen and oxygen atoms in total. The van der Waals surface area contributed by atoms with Crippen LogP contribution in [0.4, 0.5) is 5.69 Å². The van der Waals surface area contributed by atoms with Crippen molar-refractivity contribution in [2.45, 2.75) is 6.17 Å². The average molecular weight is 311 g/mol. The quantitative estimate of drug-likeness (QED) is 0.682. The minimum absolute atomic E-state index is 0.190. The Morgan fingerprint density at radius 3 is 1.79 bits per heavy atom. The van der Waals surface area contributed by atoms with Crippen LogP contribution in [-0.4, -0.2) is 6.17 Å². The molecule has 4 rings (SSSR count). The zero-order valence-corrected chi connectivity index (χ0v) is 13.1. The van der Waals surface area contributed by atoms with Crippen molar-refractivity contribution in [2.75, 3.05) is 5.32 Å². The maximum atomic E-state index is 4.49. The number of nitrogens with zero attached hydrogens (tertiary/aromatic N) is 2. The van der Waals surface area contributed by atoms with E-state index in [9.17, 15) is 0 Å². The molecule has 3 aromatic carbocycles. The first-order valence-corrected chi connectivity index (χ1v) is 7.99. The van der Waals surface area contributed by atoms with Crippen LogP contribution in [-0.2, 0) is 0 Å². The van der Waals surface area contributed by atoms with Gasteiger partial charge in [0, 0.05) is 16.8 Å². The molecule has 0 spiro atoms. The van der Waals surface area contributed by atoms with Crippen LogP contribution in [0.1, 0.15) is 11.1 Å². The van der Waals surface area contributed by atoms with Crippen LogP contribution in [0.3, 0.4) is 0 Å². The normalized spacial score (nSPS) is 16.4. The first-order chi connectivity index (χ1) is 11.9. The summed E-state index contributed by atoms with van der Waals surface area (Å²) >= 11 is 0. The molecule has 24 heavy (non-hydrogen) atoms. The summed E-state index contributed by atoms with van der Waals surface area (Å²) in [5, 5.41) is 12.4. The molecule has 116 valence electrons. The largest absolute Gasteiger partial charge is 0.359 e. The Balaban J connectivity index is 1.78. The molecule has 0 aliphatic carbocycles. The molecule has 1 heterocycles. The van der Waals surface area contributed by atoms with Gasteiger partial charge in [0.2, 0.25) is 0 Å². The molecule has 0 radical (unpaired) electrons. The summed E-state index contributed by atoms with van der Waals surface area (Å²) in [7, 11) is 0. The molecule has 1 unspecified atom stereocenters. The summed E-state index contributed by atoms with van der Waals surface area (Å²) in [5.41, 5.74) is 5.28. The van der Waals surface area contributed by atoms with Crippen molar-refractivity contribution in [3.63, 3.8) is 0 Å². The van der Waals surface area contributed by atoms with Crippen LogP contribution < -0.4 is 5.32 Å². The van der Waals surface area contributed by atoms with Gasteiger partial charge in [0.05, 0.1) is 0 Å². The molecule has 0 amide bonds. The number of para-hydroxylation sites is 1. The van der Waals surface area contributed by atoms with Crippen molar-refractivity contribution < 1.29 is 0 Å². The predicted molar refractivity (Wildman–Crippen MR) is 98.4 cm³/mol. The summed E-state index contributed by atoms with van der Waals surface area (Å²) in [6.07, 6.45) is -0.190. The Kier molecular flexibility index (Phi) is 3.90. The number of hydrogen-bond acceptors (Lipinski definition) is 3. The second-order valence-corrected chi connectivity index (χ2v) is 5.62. The van der Waals surface area contributed by atoms with Gasteiger partial charge < -0.3 is 5.32 Å². The van der Waals surface area contributed by atoms with Gasteiger partial charge in [-0.2, -0.15) is 10.2 Å². The van der Waals surface area contributed by atoms with Gasteiger partial charge in [-0.05, 0) is 17.7 Å². The molecule has 3 heteroatoms. The fraction of sp³-hybridized carbons (Fsp3) is 0.0476. The van der Waals surface area contributed by atoms with E-state index in [2.05, 4.69) is 39.8 Å². The van der Waals surface area contributed by atoms with E-state index in [-0.39, 0.29) is 6.17 Å². The van der Waals surface area contributed by atoms with Crippen LogP contribution in [0.15, 0.2) is 101 Å².